The number of nitriles is 1. The predicted molar refractivity (Wildman–Crippen MR) is 58.4 cm³/mol. The Morgan fingerprint density at radius 3 is 2.64 bits per heavy atom. The molecule has 1 aromatic rings. The molecule has 0 heterocycles. The Balaban J connectivity index is 3.50. The van der Waals surface area contributed by atoms with Gasteiger partial charge in [-0.25, -0.2) is 4.79 Å². The number of halogens is 2. The average Bonchev–Trinajstić information content (AvgIpc) is 2.15. The van der Waals surface area contributed by atoms with Crippen molar-refractivity contribution in [1.82, 2.24) is 0 Å². The molecule has 0 saturated heterocycles. The topological polar surface area (TPSA) is 61.1 Å². The minimum Gasteiger partial charge on any atom is -0.478 e. The molecule has 3 nitrogen and oxygen atoms in total. The fraction of sp³-hybridized carbons (Fsp3) is 0.111. The van der Waals surface area contributed by atoms with Gasteiger partial charge in [-0.1, -0.05) is 31.9 Å². The summed E-state index contributed by atoms with van der Waals surface area (Å²) in [6.07, 6.45) is 0. The summed E-state index contributed by atoms with van der Waals surface area (Å²) in [6.45, 7) is 0. The van der Waals surface area contributed by atoms with E-state index in [4.69, 9.17) is 10.4 Å². The summed E-state index contributed by atoms with van der Waals surface area (Å²) in [6, 6.07) is 5.04. The van der Waals surface area contributed by atoms with Crippen LogP contribution >= 0.6 is 31.9 Å². The summed E-state index contributed by atoms with van der Waals surface area (Å²) in [5.41, 5.74) is 0.817. The summed E-state index contributed by atoms with van der Waals surface area (Å²) < 4.78 is 0.702. The predicted octanol–water partition coefficient (Wildman–Crippen LogP) is 2.91. The maximum Gasteiger partial charge on any atom is 0.337 e. The Labute approximate surface area is 97.6 Å². The molecule has 0 bridgehead atoms. The van der Waals surface area contributed by atoms with E-state index in [2.05, 4.69) is 31.9 Å². The molecule has 0 aliphatic heterocycles. The van der Waals surface area contributed by atoms with Gasteiger partial charge in [0, 0.05) is 9.80 Å². The molecule has 5 heteroatoms. The van der Waals surface area contributed by atoms with Crippen LogP contribution in [-0.2, 0) is 5.33 Å². The lowest BCUT2D eigenvalue weighted by molar-refractivity contribution is 0.0695. The number of nitrogens with zero attached hydrogens (tertiary/aromatic N) is 1. The molecule has 14 heavy (non-hydrogen) atoms. The van der Waals surface area contributed by atoms with Crippen molar-refractivity contribution in [2.24, 2.45) is 0 Å². The summed E-state index contributed by atoms with van der Waals surface area (Å²) in [5, 5.41) is 18.1. The number of carboxylic acids is 1. The average molecular weight is 319 g/mol. The third-order valence-corrected chi connectivity index (χ3v) is 2.73. The van der Waals surface area contributed by atoms with Crippen LogP contribution in [0.25, 0.3) is 0 Å². The van der Waals surface area contributed by atoms with Crippen LogP contribution in [0.15, 0.2) is 16.6 Å². The zero-order valence-corrected chi connectivity index (χ0v) is 10.1. The fourth-order valence-corrected chi connectivity index (χ4v) is 2.06. The Bertz CT molecular complexity index is 424. The lowest BCUT2D eigenvalue weighted by Gasteiger charge is -2.05. The zero-order chi connectivity index (χ0) is 10.7. The Kier molecular flexibility index (Phi) is 3.67. The van der Waals surface area contributed by atoms with Gasteiger partial charge in [-0.3, -0.25) is 0 Å². The van der Waals surface area contributed by atoms with E-state index in [1.807, 2.05) is 6.07 Å². The van der Waals surface area contributed by atoms with E-state index in [1.165, 1.54) is 6.07 Å². The first-order valence-electron chi connectivity index (χ1n) is 3.62. The molecule has 72 valence electrons. The summed E-state index contributed by atoms with van der Waals surface area (Å²) in [7, 11) is 0. The molecular formula is C9H5Br2NO2. The van der Waals surface area contributed by atoms with E-state index in [0.717, 1.165) is 0 Å². The van der Waals surface area contributed by atoms with Crippen molar-refractivity contribution in [3.63, 3.8) is 0 Å². The van der Waals surface area contributed by atoms with Crippen LogP contribution in [0.1, 0.15) is 21.5 Å². The minimum absolute atomic E-state index is 0.0626. The second-order valence-electron chi connectivity index (χ2n) is 2.54. The fourth-order valence-electron chi connectivity index (χ4n) is 1.11. The number of hydrogen-bond acceptors (Lipinski definition) is 2. The molecule has 0 aliphatic carbocycles. The Hall–Kier alpha value is -0.860. The van der Waals surface area contributed by atoms with E-state index < -0.39 is 5.97 Å². The van der Waals surface area contributed by atoms with Gasteiger partial charge in [0.25, 0.3) is 0 Å². The van der Waals surface area contributed by atoms with Gasteiger partial charge in [0.15, 0.2) is 0 Å². The van der Waals surface area contributed by atoms with Crippen molar-refractivity contribution in [2.75, 3.05) is 0 Å². The molecule has 0 amide bonds. The van der Waals surface area contributed by atoms with E-state index in [0.29, 0.717) is 15.4 Å². The Morgan fingerprint density at radius 1 is 1.57 bits per heavy atom. The van der Waals surface area contributed by atoms with Gasteiger partial charge in [0.1, 0.15) is 6.07 Å². The molecule has 1 N–H and O–H groups in total. The molecule has 1 rings (SSSR count). The zero-order valence-electron chi connectivity index (χ0n) is 6.92. The molecule has 0 spiro atoms. The standard InChI is InChI=1S/C9H5Br2NO2/c10-3-5-1-7(11)2-6(4-12)8(5)9(13)14/h1-2H,3H2,(H,13,14). The van der Waals surface area contributed by atoms with Crippen molar-refractivity contribution in [2.45, 2.75) is 5.33 Å². The molecule has 1 aromatic carbocycles. The van der Waals surface area contributed by atoms with Crippen molar-refractivity contribution < 1.29 is 9.90 Å². The number of carboxylic acid groups (broad SMARTS) is 1. The van der Waals surface area contributed by atoms with Gasteiger partial charge in [0.05, 0.1) is 11.1 Å². The molecule has 0 aliphatic rings. The van der Waals surface area contributed by atoms with E-state index >= 15 is 0 Å². The van der Waals surface area contributed by atoms with E-state index in [-0.39, 0.29) is 11.1 Å². The lowest BCUT2D eigenvalue weighted by Crippen LogP contribution is -2.04. The molecule has 0 fully saturated rings. The lowest BCUT2D eigenvalue weighted by atomic mass is 10.0. The highest BCUT2D eigenvalue weighted by atomic mass is 79.9. The van der Waals surface area contributed by atoms with Gasteiger partial charge in [-0.05, 0) is 17.7 Å². The van der Waals surface area contributed by atoms with Gasteiger partial charge in [-0.15, -0.1) is 0 Å². The van der Waals surface area contributed by atoms with Crippen molar-refractivity contribution in [3.05, 3.63) is 33.3 Å². The second-order valence-corrected chi connectivity index (χ2v) is 4.01. The number of carbonyl (C=O) groups is 1. The van der Waals surface area contributed by atoms with Gasteiger partial charge < -0.3 is 5.11 Å². The third kappa shape index (κ3) is 2.14. The van der Waals surface area contributed by atoms with Gasteiger partial charge in [0.2, 0.25) is 0 Å². The van der Waals surface area contributed by atoms with Crippen LogP contribution < -0.4 is 0 Å². The number of rotatable bonds is 2. The van der Waals surface area contributed by atoms with Gasteiger partial charge in [-0.2, -0.15) is 5.26 Å². The van der Waals surface area contributed by atoms with Crippen LogP contribution in [0.2, 0.25) is 0 Å². The van der Waals surface area contributed by atoms with Gasteiger partial charge >= 0.3 is 5.97 Å². The molecule has 0 radical (unpaired) electrons. The highest BCUT2D eigenvalue weighted by Crippen LogP contribution is 2.23. The van der Waals surface area contributed by atoms with Crippen LogP contribution in [0, 0.1) is 11.3 Å². The molecule has 0 aromatic heterocycles. The first kappa shape index (κ1) is 11.2. The van der Waals surface area contributed by atoms with Crippen molar-refractivity contribution in [3.8, 4) is 6.07 Å². The maximum atomic E-state index is 10.9. The first-order chi connectivity index (χ1) is 6.60. The SMILES string of the molecule is N#Cc1cc(Br)cc(CBr)c1C(=O)O. The van der Waals surface area contributed by atoms with Crippen molar-refractivity contribution >= 4 is 37.8 Å². The third-order valence-electron chi connectivity index (χ3n) is 1.66. The maximum absolute atomic E-state index is 10.9. The summed E-state index contributed by atoms with van der Waals surface area (Å²) >= 11 is 6.39. The normalized spacial score (nSPS) is 9.50. The number of aromatic carboxylic acids is 1. The highest BCUT2D eigenvalue weighted by Gasteiger charge is 2.15. The molecule has 0 atom stereocenters. The number of hydrogen-bond donors (Lipinski definition) is 1. The van der Waals surface area contributed by atoms with Crippen molar-refractivity contribution in [1.29, 1.82) is 5.26 Å². The van der Waals surface area contributed by atoms with E-state index in [1.54, 1.807) is 6.07 Å². The van der Waals surface area contributed by atoms with Crippen LogP contribution in [0.3, 0.4) is 0 Å². The quantitative estimate of drug-likeness (QED) is 0.853. The number of alkyl halides is 1. The summed E-state index contributed by atoms with van der Waals surface area (Å²) in [5.74, 6) is -1.08. The van der Waals surface area contributed by atoms with Crippen LogP contribution in [0.4, 0.5) is 0 Å². The minimum atomic E-state index is -1.08. The second kappa shape index (κ2) is 4.58. The monoisotopic (exact) mass is 317 g/mol. The molecule has 0 unspecified atom stereocenters. The van der Waals surface area contributed by atoms with E-state index in [9.17, 15) is 4.79 Å². The Morgan fingerprint density at radius 2 is 2.21 bits per heavy atom. The number of benzene rings is 1. The molecule has 0 saturated carbocycles. The largest absolute Gasteiger partial charge is 0.478 e. The molecular weight excluding hydrogens is 314 g/mol. The first-order valence-corrected chi connectivity index (χ1v) is 5.53. The van der Waals surface area contributed by atoms with Crippen LogP contribution in [-0.4, -0.2) is 11.1 Å². The summed E-state index contributed by atoms with van der Waals surface area (Å²) in [4.78, 5) is 10.9. The highest BCUT2D eigenvalue weighted by molar-refractivity contribution is 9.10. The van der Waals surface area contributed by atoms with Crippen LogP contribution in [0.5, 0.6) is 0 Å². The smallest absolute Gasteiger partial charge is 0.337 e.